The van der Waals surface area contributed by atoms with Crippen molar-refractivity contribution in [1.82, 2.24) is 0 Å². The number of anilines is 1. The average molecular weight is 398 g/mol. The molecule has 0 radical (unpaired) electrons. The third-order valence-electron chi connectivity index (χ3n) is 3.41. The molecule has 1 amide bonds. The average Bonchev–Trinajstić information content (AvgIpc) is 2.95. The molecule has 0 aliphatic rings. The lowest BCUT2D eigenvalue weighted by Gasteiger charge is -2.15. The van der Waals surface area contributed by atoms with Gasteiger partial charge in [-0.05, 0) is 44.5 Å². The van der Waals surface area contributed by atoms with Crippen LogP contribution in [0.2, 0.25) is 4.34 Å². The molecule has 0 saturated heterocycles. The molecule has 0 saturated carbocycles. The minimum atomic E-state index is -0.843. The van der Waals surface area contributed by atoms with Crippen LogP contribution in [0.3, 0.4) is 0 Å². The monoisotopic (exact) mass is 397 g/mol. The van der Waals surface area contributed by atoms with Crippen LogP contribution in [0.15, 0.2) is 30.3 Å². The molecule has 1 aromatic carbocycles. The summed E-state index contributed by atoms with van der Waals surface area (Å²) >= 11 is 8.79. The molecule has 4 nitrogen and oxygen atoms in total. The third kappa shape index (κ3) is 6.38. The SMILES string of the molecule is Cc1ccc(NC(=O)[C@@H](C)OC(=O)CSCc2ccc(Cl)s2)c(C)c1. The van der Waals surface area contributed by atoms with E-state index in [0.29, 0.717) is 5.75 Å². The van der Waals surface area contributed by atoms with Crippen molar-refractivity contribution in [3.63, 3.8) is 0 Å². The molecule has 1 heterocycles. The number of thioether (sulfide) groups is 1. The Bertz CT molecular complexity index is 761. The van der Waals surface area contributed by atoms with E-state index in [1.54, 1.807) is 6.92 Å². The number of aryl methyl sites for hydroxylation is 2. The summed E-state index contributed by atoms with van der Waals surface area (Å²) in [4.78, 5) is 25.1. The summed E-state index contributed by atoms with van der Waals surface area (Å²) in [5, 5.41) is 2.79. The van der Waals surface area contributed by atoms with Gasteiger partial charge in [0.05, 0.1) is 10.1 Å². The van der Waals surface area contributed by atoms with Gasteiger partial charge in [-0.2, -0.15) is 0 Å². The van der Waals surface area contributed by atoms with Gasteiger partial charge in [0, 0.05) is 16.3 Å². The molecule has 0 fully saturated rings. The highest BCUT2D eigenvalue weighted by molar-refractivity contribution is 7.99. The quantitative estimate of drug-likeness (QED) is 0.680. The van der Waals surface area contributed by atoms with Crippen molar-refractivity contribution in [1.29, 1.82) is 0 Å². The number of ether oxygens (including phenoxy) is 1. The van der Waals surface area contributed by atoms with E-state index < -0.39 is 12.1 Å². The number of benzene rings is 1. The molecule has 1 atom stereocenters. The molecule has 25 heavy (non-hydrogen) atoms. The van der Waals surface area contributed by atoms with Gasteiger partial charge in [-0.15, -0.1) is 23.1 Å². The highest BCUT2D eigenvalue weighted by Gasteiger charge is 2.18. The van der Waals surface area contributed by atoms with Crippen LogP contribution < -0.4 is 5.32 Å². The Morgan fingerprint density at radius 3 is 2.68 bits per heavy atom. The number of thiophene rings is 1. The molecule has 0 bridgehead atoms. The van der Waals surface area contributed by atoms with Crippen molar-refractivity contribution < 1.29 is 14.3 Å². The molecular weight excluding hydrogens is 378 g/mol. The van der Waals surface area contributed by atoms with Gasteiger partial charge < -0.3 is 10.1 Å². The molecule has 0 unspecified atom stereocenters. The zero-order chi connectivity index (χ0) is 18.4. The molecule has 2 aromatic rings. The highest BCUT2D eigenvalue weighted by Crippen LogP contribution is 2.25. The highest BCUT2D eigenvalue weighted by atomic mass is 35.5. The van der Waals surface area contributed by atoms with Crippen molar-refractivity contribution in [2.45, 2.75) is 32.6 Å². The van der Waals surface area contributed by atoms with Crippen LogP contribution in [-0.2, 0) is 20.1 Å². The Morgan fingerprint density at radius 1 is 1.28 bits per heavy atom. The molecule has 1 N–H and O–H groups in total. The Labute approximate surface area is 160 Å². The minimum Gasteiger partial charge on any atom is -0.452 e. The fourth-order valence-corrected chi connectivity index (χ4v) is 4.14. The lowest BCUT2D eigenvalue weighted by molar-refractivity contribution is -0.150. The van der Waals surface area contributed by atoms with E-state index in [1.807, 2.05) is 44.2 Å². The maximum Gasteiger partial charge on any atom is 0.316 e. The molecule has 0 aliphatic heterocycles. The summed E-state index contributed by atoms with van der Waals surface area (Å²) < 4.78 is 5.93. The lowest BCUT2D eigenvalue weighted by Crippen LogP contribution is -2.30. The molecule has 2 rings (SSSR count). The number of halogens is 1. The van der Waals surface area contributed by atoms with E-state index in [9.17, 15) is 9.59 Å². The van der Waals surface area contributed by atoms with Crippen LogP contribution in [0, 0.1) is 13.8 Å². The van der Waals surface area contributed by atoms with Crippen LogP contribution in [0.4, 0.5) is 5.69 Å². The molecule has 134 valence electrons. The molecule has 7 heteroatoms. The van der Waals surface area contributed by atoms with Crippen molar-refractivity contribution in [2.75, 3.05) is 11.1 Å². The van der Waals surface area contributed by atoms with Crippen LogP contribution in [0.1, 0.15) is 22.9 Å². The van der Waals surface area contributed by atoms with Crippen LogP contribution in [-0.4, -0.2) is 23.7 Å². The number of amides is 1. The number of carbonyl (C=O) groups excluding carboxylic acids is 2. The lowest BCUT2D eigenvalue weighted by atomic mass is 10.1. The first kappa shape index (κ1) is 19.8. The van der Waals surface area contributed by atoms with Crippen LogP contribution in [0.25, 0.3) is 0 Å². The standard InChI is InChI=1S/C18H20ClNO3S2/c1-11-4-6-15(12(2)8-11)20-18(22)13(3)23-17(21)10-24-9-14-5-7-16(19)25-14/h4-8,13H,9-10H2,1-3H3,(H,20,22)/t13-/m1/s1. The normalized spacial score (nSPS) is 11.8. The number of nitrogens with one attached hydrogen (secondary N) is 1. The van der Waals surface area contributed by atoms with Gasteiger partial charge in [0.2, 0.25) is 0 Å². The first-order valence-electron chi connectivity index (χ1n) is 7.74. The van der Waals surface area contributed by atoms with Gasteiger partial charge in [-0.25, -0.2) is 0 Å². The summed E-state index contributed by atoms with van der Waals surface area (Å²) in [5.74, 6) is 0.137. The first-order chi connectivity index (χ1) is 11.8. The Morgan fingerprint density at radius 2 is 2.04 bits per heavy atom. The first-order valence-corrected chi connectivity index (χ1v) is 10.1. The number of carbonyl (C=O) groups is 2. The number of hydrogen-bond donors (Lipinski definition) is 1. The van der Waals surface area contributed by atoms with E-state index in [2.05, 4.69) is 5.32 Å². The van der Waals surface area contributed by atoms with Crippen molar-refractivity contribution in [3.8, 4) is 0 Å². The van der Waals surface area contributed by atoms with E-state index in [-0.39, 0.29) is 11.7 Å². The van der Waals surface area contributed by atoms with E-state index in [4.69, 9.17) is 16.3 Å². The molecule has 0 aliphatic carbocycles. The smallest absolute Gasteiger partial charge is 0.316 e. The molecule has 1 aromatic heterocycles. The van der Waals surface area contributed by atoms with E-state index >= 15 is 0 Å². The van der Waals surface area contributed by atoms with Gasteiger partial charge in [0.15, 0.2) is 6.10 Å². The van der Waals surface area contributed by atoms with E-state index in [0.717, 1.165) is 26.0 Å². The predicted molar refractivity (Wildman–Crippen MR) is 106 cm³/mol. The summed E-state index contributed by atoms with van der Waals surface area (Å²) in [6, 6.07) is 9.52. The summed E-state index contributed by atoms with van der Waals surface area (Å²) in [7, 11) is 0. The van der Waals surface area contributed by atoms with Gasteiger partial charge in [-0.3, -0.25) is 9.59 Å². The van der Waals surface area contributed by atoms with Crippen LogP contribution in [0.5, 0.6) is 0 Å². The summed E-state index contributed by atoms with van der Waals surface area (Å²) in [5.41, 5.74) is 2.82. The Hall–Kier alpha value is -1.50. The second-order valence-corrected chi connectivity index (χ2v) is 8.42. The van der Waals surface area contributed by atoms with Crippen molar-refractivity contribution in [3.05, 3.63) is 50.7 Å². The maximum atomic E-state index is 12.2. The topological polar surface area (TPSA) is 55.4 Å². The van der Waals surface area contributed by atoms with Crippen LogP contribution >= 0.6 is 34.7 Å². The largest absolute Gasteiger partial charge is 0.452 e. The van der Waals surface area contributed by atoms with Gasteiger partial charge in [0.1, 0.15) is 0 Å². The fraction of sp³-hybridized carbons (Fsp3) is 0.333. The predicted octanol–water partition coefficient (Wildman–Crippen LogP) is 4.82. The number of hydrogen-bond acceptors (Lipinski definition) is 5. The zero-order valence-electron chi connectivity index (χ0n) is 14.3. The second-order valence-electron chi connectivity index (χ2n) is 5.64. The maximum absolute atomic E-state index is 12.2. The van der Waals surface area contributed by atoms with Crippen molar-refractivity contribution in [2.24, 2.45) is 0 Å². The van der Waals surface area contributed by atoms with Gasteiger partial charge in [0.25, 0.3) is 5.91 Å². The number of rotatable bonds is 7. The Balaban J connectivity index is 1.76. The van der Waals surface area contributed by atoms with Gasteiger partial charge >= 0.3 is 5.97 Å². The molecule has 0 spiro atoms. The summed E-state index contributed by atoms with van der Waals surface area (Å²) in [6.45, 7) is 5.48. The van der Waals surface area contributed by atoms with E-state index in [1.165, 1.54) is 23.1 Å². The van der Waals surface area contributed by atoms with Crippen molar-refractivity contribution >= 4 is 52.3 Å². The Kier molecular flexibility index (Phi) is 7.35. The zero-order valence-corrected chi connectivity index (χ0v) is 16.7. The second kappa shape index (κ2) is 9.27. The fourth-order valence-electron chi connectivity index (χ4n) is 2.14. The number of esters is 1. The third-order valence-corrected chi connectivity index (χ3v) is 5.78. The summed E-state index contributed by atoms with van der Waals surface area (Å²) in [6.07, 6.45) is -0.843. The minimum absolute atomic E-state index is 0.191. The van der Waals surface area contributed by atoms with Gasteiger partial charge in [-0.1, -0.05) is 29.3 Å². The molecular formula is C18H20ClNO3S2.